The van der Waals surface area contributed by atoms with Gasteiger partial charge in [0.15, 0.2) is 0 Å². The van der Waals surface area contributed by atoms with Crippen molar-refractivity contribution in [3.63, 3.8) is 0 Å². The van der Waals surface area contributed by atoms with E-state index in [1.165, 1.54) is 11.1 Å². The number of nitrogens with zero attached hydrogens (tertiary/aromatic N) is 3. The fraction of sp³-hybridized carbons (Fsp3) is 0.350. The maximum atomic E-state index is 9.10. The van der Waals surface area contributed by atoms with Gasteiger partial charge < -0.3 is 14.9 Å². The summed E-state index contributed by atoms with van der Waals surface area (Å²) in [6.07, 6.45) is 3.79. The van der Waals surface area contributed by atoms with Gasteiger partial charge >= 0.3 is 11.9 Å². The Labute approximate surface area is 164 Å². The first-order valence-corrected chi connectivity index (χ1v) is 8.90. The number of carbonyl (C=O) groups is 2. The van der Waals surface area contributed by atoms with Crippen LogP contribution in [0.3, 0.4) is 0 Å². The molecule has 0 spiro atoms. The van der Waals surface area contributed by atoms with Crippen LogP contribution in [0.5, 0.6) is 5.75 Å². The summed E-state index contributed by atoms with van der Waals surface area (Å²) in [4.78, 5) is 27.4. The van der Waals surface area contributed by atoms with Gasteiger partial charge in [-0.25, -0.2) is 9.59 Å². The van der Waals surface area contributed by atoms with Crippen LogP contribution in [0.1, 0.15) is 11.1 Å². The maximum absolute atomic E-state index is 9.10. The topological polar surface area (TPSA) is 103 Å². The number of pyridine rings is 1. The minimum absolute atomic E-state index is 0.938. The lowest BCUT2D eigenvalue weighted by atomic mass is 10.2. The molecule has 0 amide bonds. The Morgan fingerprint density at radius 1 is 0.964 bits per heavy atom. The van der Waals surface area contributed by atoms with Crippen LogP contribution < -0.4 is 4.74 Å². The van der Waals surface area contributed by atoms with Crippen LogP contribution in [-0.2, 0) is 22.7 Å². The largest absolute Gasteiger partial charge is 0.497 e. The van der Waals surface area contributed by atoms with E-state index in [1.54, 1.807) is 7.11 Å². The molecule has 1 fully saturated rings. The third-order valence-electron chi connectivity index (χ3n) is 4.32. The number of carboxylic acids is 2. The number of benzene rings is 1. The molecule has 2 heterocycles. The normalized spacial score (nSPS) is 14.6. The van der Waals surface area contributed by atoms with Crippen LogP contribution in [0.2, 0.25) is 0 Å². The zero-order valence-electron chi connectivity index (χ0n) is 15.8. The summed E-state index contributed by atoms with van der Waals surface area (Å²) in [6, 6.07) is 12.5. The lowest BCUT2D eigenvalue weighted by Gasteiger charge is -2.34. The Morgan fingerprint density at radius 2 is 1.54 bits per heavy atom. The molecule has 0 unspecified atom stereocenters. The van der Waals surface area contributed by atoms with Crippen LogP contribution in [0.15, 0.2) is 48.8 Å². The number of methoxy groups -OCH3 is 1. The highest BCUT2D eigenvalue weighted by atomic mass is 16.5. The molecule has 2 N–H and O–H groups in total. The van der Waals surface area contributed by atoms with Gasteiger partial charge in [0.1, 0.15) is 5.75 Å². The predicted molar refractivity (Wildman–Crippen MR) is 103 cm³/mol. The van der Waals surface area contributed by atoms with Gasteiger partial charge in [0.25, 0.3) is 0 Å². The molecule has 0 radical (unpaired) electrons. The highest BCUT2D eigenvalue weighted by molar-refractivity contribution is 6.27. The molecule has 8 nitrogen and oxygen atoms in total. The van der Waals surface area contributed by atoms with Crippen LogP contribution in [-0.4, -0.2) is 70.2 Å². The van der Waals surface area contributed by atoms with Crippen LogP contribution in [0.4, 0.5) is 0 Å². The molecule has 1 aliphatic rings. The number of ether oxygens (including phenoxy) is 1. The van der Waals surface area contributed by atoms with Crippen molar-refractivity contribution in [2.45, 2.75) is 13.1 Å². The lowest BCUT2D eigenvalue weighted by molar-refractivity contribution is -0.159. The number of rotatable bonds is 5. The van der Waals surface area contributed by atoms with Crippen molar-refractivity contribution in [2.75, 3.05) is 33.3 Å². The van der Waals surface area contributed by atoms with Crippen molar-refractivity contribution in [3.8, 4) is 5.75 Å². The molecule has 1 saturated heterocycles. The third-order valence-corrected chi connectivity index (χ3v) is 4.32. The van der Waals surface area contributed by atoms with Gasteiger partial charge in [-0.3, -0.25) is 14.8 Å². The van der Waals surface area contributed by atoms with E-state index in [0.717, 1.165) is 45.0 Å². The molecule has 1 aliphatic heterocycles. The lowest BCUT2D eigenvalue weighted by Crippen LogP contribution is -2.45. The minimum Gasteiger partial charge on any atom is -0.497 e. The van der Waals surface area contributed by atoms with Crippen molar-refractivity contribution in [3.05, 3.63) is 59.9 Å². The van der Waals surface area contributed by atoms with Gasteiger partial charge in [-0.15, -0.1) is 0 Å². The SMILES string of the molecule is COc1cccc(CN2CCN(Cc3cccnc3)CC2)c1.O=C(O)C(=O)O. The van der Waals surface area contributed by atoms with E-state index in [9.17, 15) is 0 Å². The van der Waals surface area contributed by atoms with Crippen LogP contribution >= 0.6 is 0 Å². The molecule has 28 heavy (non-hydrogen) atoms. The highest BCUT2D eigenvalue weighted by Crippen LogP contribution is 2.16. The van der Waals surface area contributed by atoms with Crippen LogP contribution in [0, 0.1) is 0 Å². The monoisotopic (exact) mass is 387 g/mol. The van der Waals surface area contributed by atoms with Gasteiger partial charge in [0.2, 0.25) is 0 Å². The zero-order valence-corrected chi connectivity index (χ0v) is 15.8. The molecule has 0 bridgehead atoms. The standard InChI is InChI=1S/C18H23N3O.C2H2O4/c1-22-18-6-2-4-16(12-18)14-20-8-10-21(11-9-20)15-17-5-3-7-19-13-17;3-1(4)2(5)6/h2-7,12-13H,8-11,14-15H2,1H3;(H,3,4)(H,5,6). The van der Waals surface area contributed by atoms with Crippen molar-refractivity contribution < 1.29 is 24.5 Å². The fourth-order valence-corrected chi connectivity index (χ4v) is 2.88. The fourth-order valence-electron chi connectivity index (χ4n) is 2.88. The molecular formula is C20H25N3O5. The summed E-state index contributed by atoms with van der Waals surface area (Å²) in [5.74, 6) is -2.71. The molecule has 0 atom stereocenters. The molecule has 150 valence electrons. The van der Waals surface area contributed by atoms with Crippen molar-refractivity contribution >= 4 is 11.9 Å². The average molecular weight is 387 g/mol. The number of hydrogen-bond acceptors (Lipinski definition) is 6. The maximum Gasteiger partial charge on any atom is 0.414 e. The van der Waals surface area contributed by atoms with E-state index in [0.29, 0.717) is 0 Å². The molecule has 0 aliphatic carbocycles. The number of aliphatic carboxylic acids is 2. The zero-order chi connectivity index (χ0) is 20.4. The number of hydrogen-bond donors (Lipinski definition) is 2. The third kappa shape index (κ3) is 7.34. The van der Waals surface area contributed by atoms with E-state index < -0.39 is 11.9 Å². The minimum atomic E-state index is -1.82. The van der Waals surface area contributed by atoms with Gasteiger partial charge in [0, 0.05) is 51.7 Å². The first kappa shape index (κ1) is 21.3. The molecule has 0 saturated carbocycles. The average Bonchev–Trinajstić information content (AvgIpc) is 2.71. The summed E-state index contributed by atoms with van der Waals surface area (Å²) < 4.78 is 5.29. The molecule has 2 aromatic rings. The van der Waals surface area contributed by atoms with E-state index >= 15 is 0 Å². The van der Waals surface area contributed by atoms with Crippen molar-refractivity contribution in [2.24, 2.45) is 0 Å². The number of piperazine rings is 1. The van der Waals surface area contributed by atoms with E-state index in [1.807, 2.05) is 24.5 Å². The van der Waals surface area contributed by atoms with Gasteiger partial charge in [0.05, 0.1) is 7.11 Å². The highest BCUT2D eigenvalue weighted by Gasteiger charge is 2.17. The quantitative estimate of drug-likeness (QED) is 0.745. The summed E-state index contributed by atoms with van der Waals surface area (Å²) >= 11 is 0. The Morgan fingerprint density at radius 3 is 2.04 bits per heavy atom. The Hall–Kier alpha value is -2.97. The number of aromatic nitrogens is 1. The van der Waals surface area contributed by atoms with Crippen LogP contribution in [0.25, 0.3) is 0 Å². The summed E-state index contributed by atoms with van der Waals surface area (Å²) in [5, 5.41) is 14.8. The summed E-state index contributed by atoms with van der Waals surface area (Å²) in [6.45, 7) is 6.44. The molecule has 3 rings (SSSR count). The molecule has 1 aromatic carbocycles. The summed E-state index contributed by atoms with van der Waals surface area (Å²) in [7, 11) is 1.72. The smallest absolute Gasteiger partial charge is 0.414 e. The van der Waals surface area contributed by atoms with E-state index in [-0.39, 0.29) is 0 Å². The van der Waals surface area contributed by atoms with Gasteiger partial charge in [-0.1, -0.05) is 18.2 Å². The molecule has 1 aromatic heterocycles. The Bertz CT molecular complexity index is 749. The van der Waals surface area contributed by atoms with Crippen molar-refractivity contribution in [1.82, 2.24) is 14.8 Å². The molecule has 8 heteroatoms. The second kappa shape index (κ2) is 11.0. The van der Waals surface area contributed by atoms with Gasteiger partial charge in [-0.2, -0.15) is 0 Å². The van der Waals surface area contributed by atoms with E-state index in [4.69, 9.17) is 24.5 Å². The Balaban J connectivity index is 0.000000409. The first-order chi connectivity index (χ1) is 13.5. The summed E-state index contributed by atoms with van der Waals surface area (Å²) in [5.41, 5.74) is 2.61. The second-order valence-corrected chi connectivity index (χ2v) is 6.38. The van der Waals surface area contributed by atoms with E-state index in [2.05, 4.69) is 39.0 Å². The first-order valence-electron chi connectivity index (χ1n) is 8.90. The Kier molecular flexibility index (Phi) is 8.38. The second-order valence-electron chi connectivity index (χ2n) is 6.38. The predicted octanol–water partition coefficient (Wildman–Crippen LogP) is 1.56. The van der Waals surface area contributed by atoms with Gasteiger partial charge in [-0.05, 0) is 29.3 Å². The number of carboxylic acid groups (broad SMARTS) is 2. The van der Waals surface area contributed by atoms with Crippen molar-refractivity contribution in [1.29, 1.82) is 0 Å². The molecular weight excluding hydrogens is 362 g/mol.